The second-order valence-corrected chi connectivity index (χ2v) is 7.79. The predicted octanol–water partition coefficient (Wildman–Crippen LogP) is 5.03. The lowest BCUT2D eigenvalue weighted by atomic mass is 9.85. The summed E-state index contributed by atoms with van der Waals surface area (Å²) < 4.78 is 22.0. The molecule has 1 N–H and O–H groups in total. The van der Waals surface area contributed by atoms with Gasteiger partial charge in [-0.25, -0.2) is 9.07 Å². The van der Waals surface area contributed by atoms with E-state index in [4.69, 9.17) is 16.3 Å². The van der Waals surface area contributed by atoms with E-state index in [0.717, 1.165) is 28.0 Å². The predicted molar refractivity (Wildman–Crippen MR) is 114 cm³/mol. The minimum atomic E-state index is -0.411. The fraction of sp³-hybridized carbons (Fsp3) is 0.0870. The first-order chi connectivity index (χ1) is 15.2. The maximum absolute atomic E-state index is 13.7. The molecular formula is C23H15ClFN5O. The number of aromatic nitrogens is 4. The molecule has 2 aliphatic heterocycles. The van der Waals surface area contributed by atoms with E-state index in [1.165, 1.54) is 18.5 Å². The fourth-order valence-corrected chi connectivity index (χ4v) is 4.39. The summed E-state index contributed by atoms with van der Waals surface area (Å²) in [5.74, 6) is 1.01. The Morgan fingerprint density at radius 2 is 1.81 bits per heavy atom. The maximum atomic E-state index is 13.7. The Hall–Kier alpha value is -3.71. The van der Waals surface area contributed by atoms with E-state index in [1.807, 2.05) is 24.3 Å². The molecule has 2 aromatic carbocycles. The molecule has 2 aromatic heterocycles. The molecule has 0 spiro atoms. The Morgan fingerprint density at radius 1 is 1.00 bits per heavy atom. The minimum absolute atomic E-state index is 0.298. The van der Waals surface area contributed by atoms with Crippen LogP contribution in [0.3, 0.4) is 0 Å². The topological polar surface area (TPSA) is 64.9 Å². The van der Waals surface area contributed by atoms with Crippen molar-refractivity contribution in [3.8, 4) is 5.75 Å². The molecule has 0 aliphatic carbocycles. The van der Waals surface area contributed by atoms with Crippen molar-refractivity contribution in [3.63, 3.8) is 0 Å². The molecule has 6 nitrogen and oxygen atoms in total. The van der Waals surface area contributed by atoms with Crippen LogP contribution in [0.5, 0.6) is 5.75 Å². The molecular weight excluding hydrogens is 417 g/mol. The number of hydrogen-bond donors (Lipinski definition) is 1. The summed E-state index contributed by atoms with van der Waals surface area (Å²) in [5.41, 5.74) is 4.45. The molecule has 8 heteroatoms. The zero-order valence-electron chi connectivity index (χ0n) is 16.0. The van der Waals surface area contributed by atoms with Gasteiger partial charge in [0.05, 0.1) is 5.70 Å². The van der Waals surface area contributed by atoms with Gasteiger partial charge in [0.25, 0.3) is 0 Å². The zero-order valence-corrected chi connectivity index (χ0v) is 16.8. The van der Waals surface area contributed by atoms with E-state index >= 15 is 0 Å². The smallest absolute Gasteiger partial charge is 0.226 e. The van der Waals surface area contributed by atoms with Crippen LogP contribution in [0.4, 0.5) is 10.3 Å². The Labute approximate surface area is 182 Å². The van der Waals surface area contributed by atoms with Gasteiger partial charge in [0.2, 0.25) is 5.95 Å². The fourth-order valence-electron chi connectivity index (χ4n) is 4.22. The van der Waals surface area contributed by atoms with Gasteiger partial charge < -0.3 is 10.1 Å². The van der Waals surface area contributed by atoms with E-state index in [0.29, 0.717) is 16.7 Å². The highest BCUT2D eigenvalue weighted by Gasteiger charge is 2.41. The molecule has 6 rings (SSSR count). The maximum Gasteiger partial charge on any atom is 0.226 e. The number of halogens is 2. The summed E-state index contributed by atoms with van der Waals surface area (Å²) >= 11 is 6.32. The standard InChI is InChI=1S/C23H15ClFN5O/c24-15-3-6-18-17(11-15)20-19(22(31-18)14-7-9-26-10-8-14)21(13-1-4-16(25)5-2-13)30-23(29-20)27-12-28-30/h1-12,21-22H,(H,27,28,29)/t21-,22+/m1/s1. The van der Waals surface area contributed by atoms with Crippen molar-refractivity contribution >= 4 is 23.2 Å². The van der Waals surface area contributed by atoms with E-state index < -0.39 is 6.10 Å². The molecule has 4 heterocycles. The number of pyridine rings is 1. The van der Waals surface area contributed by atoms with Gasteiger partial charge in [0.1, 0.15) is 30.0 Å². The molecule has 0 amide bonds. The van der Waals surface area contributed by atoms with E-state index in [1.54, 1.807) is 35.3 Å². The van der Waals surface area contributed by atoms with E-state index in [2.05, 4.69) is 20.4 Å². The van der Waals surface area contributed by atoms with Crippen molar-refractivity contribution < 1.29 is 9.13 Å². The van der Waals surface area contributed by atoms with Gasteiger partial charge in [-0.3, -0.25) is 4.98 Å². The summed E-state index contributed by atoms with van der Waals surface area (Å²) in [7, 11) is 0. The van der Waals surface area contributed by atoms with Gasteiger partial charge in [-0.2, -0.15) is 10.1 Å². The molecule has 31 heavy (non-hydrogen) atoms. The van der Waals surface area contributed by atoms with Gasteiger partial charge in [0.15, 0.2) is 0 Å². The molecule has 0 radical (unpaired) electrons. The van der Waals surface area contributed by atoms with Crippen LogP contribution in [0.1, 0.15) is 28.8 Å². The number of nitrogens with zero attached hydrogens (tertiary/aromatic N) is 4. The van der Waals surface area contributed by atoms with Crippen molar-refractivity contribution in [1.29, 1.82) is 0 Å². The number of nitrogens with one attached hydrogen (secondary N) is 1. The zero-order chi connectivity index (χ0) is 20.9. The SMILES string of the molecule is Fc1ccc([C@@H]2C3=C(Nc4ncnn42)c2cc(Cl)ccc2O[C@H]3c2ccncc2)cc1. The highest BCUT2D eigenvalue weighted by Crippen LogP contribution is 2.50. The first-order valence-electron chi connectivity index (χ1n) is 9.71. The molecule has 152 valence electrons. The summed E-state index contributed by atoms with van der Waals surface area (Å²) in [6.07, 6.45) is 4.56. The lowest BCUT2D eigenvalue weighted by Gasteiger charge is -2.39. The molecule has 2 aliphatic rings. The first-order valence-corrected chi connectivity index (χ1v) is 10.1. The van der Waals surface area contributed by atoms with Gasteiger partial charge in [-0.05, 0) is 53.6 Å². The van der Waals surface area contributed by atoms with Crippen molar-refractivity contribution in [3.05, 3.63) is 106 Å². The monoisotopic (exact) mass is 431 g/mol. The average Bonchev–Trinajstić information content (AvgIpc) is 3.27. The molecule has 0 saturated carbocycles. The Morgan fingerprint density at radius 3 is 2.61 bits per heavy atom. The molecule has 0 saturated heterocycles. The lowest BCUT2D eigenvalue weighted by molar-refractivity contribution is 0.223. The summed E-state index contributed by atoms with van der Waals surface area (Å²) in [6, 6.07) is 15.5. The normalized spacial score (nSPS) is 19.0. The highest BCUT2D eigenvalue weighted by atomic mass is 35.5. The van der Waals surface area contributed by atoms with Crippen molar-refractivity contribution in [2.24, 2.45) is 0 Å². The van der Waals surface area contributed by atoms with Gasteiger partial charge in [-0.15, -0.1) is 0 Å². The van der Waals surface area contributed by atoms with Crippen molar-refractivity contribution in [1.82, 2.24) is 19.7 Å². The summed E-state index contributed by atoms with van der Waals surface area (Å²) in [6.45, 7) is 0. The third-order valence-corrected chi connectivity index (χ3v) is 5.81. The number of ether oxygens (including phenoxy) is 1. The average molecular weight is 432 g/mol. The third kappa shape index (κ3) is 2.89. The molecule has 0 fully saturated rings. The van der Waals surface area contributed by atoms with Gasteiger partial charge in [0, 0.05) is 28.6 Å². The van der Waals surface area contributed by atoms with Gasteiger partial charge in [-0.1, -0.05) is 23.7 Å². The quantitative estimate of drug-likeness (QED) is 0.482. The number of hydrogen-bond acceptors (Lipinski definition) is 5. The molecule has 2 atom stereocenters. The Bertz CT molecular complexity index is 1320. The van der Waals surface area contributed by atoms with Crippen LogP contribution in [-0.2, 0) is 0 Å². The van der Waals surface area contributed by atoms with Crippen LogP contribution in [0, 0.1) is 5.82 Å². The Balaban J connectivity index is 1.64. The minimum Gasteiger partial charge on any atom is -0.480 e. The lowest BCUT2D eigenvalue weighted by Crippen LogP contribution is -2.32. The highest BCUT2D eigenvalue weighted by molar-refractivity contribution is 6.30. The molecule has 0 bridgehead atoms. The second kappa shape index (κ2) is 6.92. The van der Waals surface area contributed by atoms with Crippen LogP contribution >= 0.6 is 11.6 Å². The third-order valence-electron chi connectivity index (χ3n) is 5.57. The van der Waals surface area contributed by atoms with E-state index in [-0.39, 0.29) is 11.9 Å². The van der Waals surface area contributed by atoms with Gasteiger partial charge >= 0.3 is 0 Å². The molecule has 4 aromatic rings. The second-order valence-electron chi connectivity index (χ2n) is 7.36. The van der Waals surface area contributed by atoms with Crippen molar-refractivity contribution in [2.75, 3.05) is 5.32 Å². The Kier molecular flexibility index (Phi) is 4.04. The number of benzene rings is 2. The molecule has 0 unspecified atom stereocenters. The summed E-state index contributed by atoms with van der Waals surface area (Å²) in [5, 5.41) is 8.47. The number of fused-ring (bicyclic) bond motifs is 3. The number of rotatable bonds is 2. The van der Waals surface area contributed by atoms with Crippen LogP contribution in [0.25, 0.3) is 5.70 Å². The summed E-state index contributed by atoms with van der Waals surface area (Å²) in [4.78, 5) is 8.52. The van der Waals surface area contributed by atoms with Crippen LogP contribution in [0.15, 0.2) is 78.9 Å². The van der Waals surface area contributed by atoms with E-state index in [9.17, 15) is 4.39 Å². The first kappa shape index (κ1) is 18.1. The van der Waals surface area contributed by atoms with Crippen LogP contribution < -0.4 is 10.1 Å². The largest absolute Gasteiger partial charge is 0.480 e. The number of anilines is 1. The van der Waals surface area contributed by atoms with Crippen LogP contribution in [0.2, 0.25) is 5.02 Å². The van der Waals surface area contributed by atoms with Crippen LogP contribution in [-0.4, -0.2) is 19.7 Å². The van der Waals surface area contributed by atoms with Crippen molar-refractivity contribution in [2.45, 2.75) is 12.1 Å².